The van der Waals surface area contributed by atoms with Gasteiger partial charge in [-0.05, 0) is 24.1 Å². The van der Waals surface area contributed by atoms with Gasteiger partial charge in [-0.3, -0.25) is 4.79 Å². The minimum atomic E-state index is 0.0898. The van der Waals surface area contributed by atoms with E-state index in [1.54, 1.807) is 12.1 Å². The summed E-state index contributed by atoms with van der Waals surface area (Å²) in [4.78, 5) is 25.7. The molecular weight excluding hydrogens is 387 g/mol. The molecule has 4 rings (SSSR count). The second-order valence-electron chi connectivity index (χ2n) is 6.73. The summed E-state index contributed by atoms with van der Waals surface area (Å²) in [6.45, 7) is 4.07. The van der Waals surface area contributed by atoms with E-state index in [0.717, 1.165) is 35.9 Å². The molecule has 0 atom stereocenters. The van der Waals surface area contributed by atoms with Crippen LogP contribution in [0.3, 0.4) is 0 Å². The van der Waals surface area contributed by atoms with Crippen LogP contribution < -0.4 is 4.90 Å². The van der Waals surface area contributed by atoms with Crippen molar-refractivity contribution >= 4 is 35.1 Å². The van der Waals surface area contributed by atoms with E-state index in [0.29, 0.717) is 49.2 Å². The van der Waals surface area contributed by atoms with E-state index in [2.05, 4.69) is 14.9 Å². The number of rotatable bonds is 4. The minimum Gasteiger partial charge on any atom is -0.378 e. The molecule has 142 valence electrons. The summed E-state index contributed by atoms with van der Waals surface area (Å²) in [6, 6.07) is 5.37. The molecule has 0 aliphatic carbocycles. The average Bonchev–Trinajstić information content (AvgIpc) is 3.11. The highest BCUT2D eigenvalue weighted by Gasteiger charge is 2.26. The predicted molar refractivity (Wildman–Crippen MR) is 104 cm³/mol. The third kappa shape index (κ3) is 4.18. The van der Waals surface area contributed by atoms with Crippen molar-refractivity contribution in [3.8, 4) is 0 Å². The van der Waals surface area contributed by atoms with Crippen molar-refractivity contribution in [1.29, 1.82) is 0 Å². The number of carbonyl (C=O) groups excluding carboxylic acids is 1. The van der Waals surface area contributed by atoms with Crippen molar-refractivity contribution in [2.45, 2.75) is 25.9 Å². The van der Waals surface area contributed by atoms with Crippen LogP contribution in [0.25, 0.3) is 0 Å². The number of morpholine rings is 1. The highest BCUT2D eigenvalue weighted by Crippen LogP contribution is 2.25. The van der Waals surface area contributed by atoms with Gasteiger partial charge in [-0.25, -0.2) is 9.97 Å². The van der Waals surface area contributed by atoms with E-state index in [1.807, 2.05) is 17.2 Å². The van der Waals surface area contributed by atoms with E-state index in [9.17, 15) is 4.79 Å². The normalized spacial score (nSPS) is 16.5. The fraction of sp³-hybridized carbons (Fsp3) is 0.421. The second kappa shape index (κ2) is 8.00. The lowest BCUT2D eigenvalue weighted by Gasteiger charge is -2.26. The number of amides is 1. The molecule has 0 bridgehead atoms. The first-order valence-electron chi connectivity index (χ1n) is 8.99. The first-order chi connectivity index (χ1) is 13.1. The van der Waals surface area contributed by atoms with Gasteiger partial charge in [0, 0.05) is 47.9 Å². The Balaban J connectivity index is 1.38. The van der Waals surface area contributed by atoms with Gasteiger partial charge in [-0.1, -0.05) is 29.3 Å². The van der Waals surface area contributed by atoms with Crippen LogP contribution in [0.5, 0.6) is 0 Å². The lowest BCUT2D eigenvalue weighted by Crippen LogP contribution is -2.37. The highest BCUT2D eigenvalue weighted by atomic mass is 35.5. The summed E-state index contributed by atoms with van der Waals surface area (Å²) >= 11 is 12.1. The summed E-state index contributed by atoms with van der Waals surface area (Å²) in [7, 11) is 0. The van der Waals surface area contributed by atoms with Crippen LogP contribution in [-0.4, -0.2) is 47.1 Å². The molecule has 1 aromatic heterocycles. The van der Waals surface area contributed by atoms with Gasteiger partial charge in [0.25, 0.3) is 0 Å². The van der Waals surface area contributed by atoms with E-state index in [-0.39, 0.29) is 5.91 Å². The number of hydrogen-bond donors (Lipinski definition) is 0. The standard InChI is InChI=1S/C19H20Cl2N4O2/c20-15-3-1-13(16(21)9-15)2-4-18(26)25-11-14-10-22-19(23-17(14)12-25)24-5-7-27-8-6-24/h1,3,9-10H,2,4-8,11-12H2. The van der Waals surface area contributed by atoms with Crippen molar-refractivity contribution in [2.75, 3.05) is 31.2 Å². The molecule has 3 heterocycles. The Morgan fingerprint density at radius 3 is 2.78 bits per heavy atom. The van der Waals surface area contributed by atoms with Gasteiger partial charge in [-0.15, -0.1) is 0 Å². The van der Waals surface area contributed by atoms with Crippen molar-refractivity contribution in [3.05, 3.63) is 51.3 Å². The molecule has 2 aliphatic rings. The van der Waals surface area contributed by atoms with E-state index >= 15 is 0 Å². The molecule has 0 N–H and O–H groups in total. The van der Waals surface area contributed by atoms with Crippen LogP contribution in [0.15, 0.2) is 24.4 Å². The number of nitrogens with zero attached hydrogens (tertiary/aromatic N) is 4. The summed E-state index contributed by atoms with van der Waals surface area (Å²) in [6.07, 6.45) is 2.84. The molecule has 2 aromatic rings. The molecule has 2 aliphatic heterocycles. The number of aryl methyl sites for hydroxylation is 1. The van der Waals surface area contributed by atoms with Crippen LogP contribution in [0, 0.1) is 0 Å². The fourth-order valence-corrected chi connectivity index (χ4v) is 3.86. The van der Waals surface area contributed by atoms with Gasteiger partial charge >= 0.3 is 0 Å². The van der Waals surface area contributed by atoms with Gasteiger partial charge < -0.3 is 14.5 Å². The summed E-state index contributed by atoms with van der Waals surface area (Å²) in [5, 5.41) is 1.20. The maximum absolute atomic E-state index is 12.6. The molecule has 1 saturated heterocycles. The summed E-state index contributed by atoms with van der Waals surface area (Å²) < 4.78 is 5.37. The molecule has 6 nitrogen and oxygen atoms in total. The SMILES string of the molecule is O=C(CCc1ccc(Cl)cc1Cl)N1Cc2cnc(N3CCOCC3)nc2C1. The smallest absolute Gasteiger partial charge is 0.225 e. The maximum Gasteiger partial charge on any atom is 0.225 e. The third-order valence-electron chi connectivity index (χ3n) is 4.91. The molecule has 1 aromatic carbocycles. The van der Waals surface area contributed by atoms with Gasteiger partial charge in [0.15, 0.2) is 0 Å². The number of carbonyl (C=O) groups is 1. The number of hydrogen-bond acceptors (Lipinski definition) is 5. The number of halogens is 2. The lowest BCUT2D eigenvalue weighted by atomic mass is 10.1. The molecule has 0 radical (unpaired) electrons. The van der Waals surface area contributed by atoms with Gasteiger partial charge in [0.2, 0.25) is 11.9 Å². The molecule has 8 heteroatoms. The lowest BCUT2D eigenvalue weighted by molar-refractivity contribution is -0.131. The Labute approximate surface area is 168 Å². The number of aromatic nitrogens is 2. The number of fused-ring (bicyclic) bond motifs is 1. The zero-order chi connectivity index (χ0) is 18.8. The number of ether oxygens (including phenoxy) is 1. The average molecular weight is 407 g/mol. The zero-order valence-corrected chi connectivity index (χ0v) is 16.3. The van der Waals surface area contributed by atoms with E-state index < -0.39 is 0 Å². The molecule has 27 heavy (non-hydrogen) atoms. The number of anilines is 1. The van der Waals surface area contributed by atoms with Crippen LogP contribution in [0.1, 0.15) is 23.2 Å². The summed E-state index contributed by atoms with van der Waals surface area (Å²) in [5.41, 5.74) is 2.88. The molecule has 0 spiro atoms. The predicted octanol–water partition coefficient (Wildman–Crippen LogP) is 3.10. The topological polar surface area (TPSA) is 58.6 Å². The van der Waals surface area contributed by atoms with Gasteiger partial charge in [-0.2, -0.15) is 0 Å². The monoisotopic (exact) mass is 406 g/mol. The fourth-order valence-electron chi connectivity index (χ4n) is 3.36. The third-order valence-corrected chi connectivity index (χ3v) is 5.50. The van der Waals surface area contributed by atoms with Gasteiger partial charge in [0.1, 0.15) is 0 Å². The molecular formula is C19H20Cl2N4O2. The van der Waals surface area contributed by atoms with Crippen LogP contribution in [0.2, 0.25) is 10.0 Å². The Hall–Kier alpha value is -1.89. The molecule has 0 unspecified atom stereocenters. The summed E-state index contributed by atoms with van der Waals surface area (Å²) in [5.74, 6) is 0.811. The van der Waals surface area contributed by atoms with Gasteiger partial charge in [0.05, 0.1) is 25.5 Å². The Bertz CT molecular complexity index is 856. The van der Waals surface area contributed by atoms with E-state index in [1.165, 1.54) is 0 Å². The Kier molecular flexibility index (Phi) is 5.48. The first kappa shape index (κ1) is 18.5. The quantitative estimate of drug-likeness (QED) is 0.780. The Morgan fingerprint density at radius 1 is 1.19 bits per heavy atom. The largest absolute Gasteiger partial charge is 0.378 e. The van der Waals surface area contributed by atoms with E-state index in [4.69, 9.17) is 27.9 Å². The van der Waals surface area contributed by atoms with Crippen LogP contribution in [0.4, 0.5) is 5.95 Å². The van der Waals surface area contributed by atoms with Crippen molar-refractivity contribution < 1.29 is 9.53 Å². The molecule has 0 saturated carbocycles. The number of benzene rings is 1. The zero-order valence-electron chi connectivity index (χ0n) is 14.8. The Morgan fingerprint density at radius 2 is 2.00 bits per heavy atom. The molecule has 1 amide bonds. The maximum atomic E-state index is 12.6. The van der Waals surface area contributed by atoms with Crippen molar-refractivity contribution in [2.24, 2.45) is 0 Å². The minimum absolute atomic E-state index is 0.0898. The van der Waals surface area contributed by atoms with Crippen LogP contribution >= 0.6 is 23.2 Å². The van der Waals surface area contributed by atoms with Crippen molar-refractivity contribution in [1.82, 2.24) is 14.9 Å². The second-order valence-corrected chi connectivity index (χ2v) is 7.57. The van der Waals surface area contributed by atoms with Crippen molar-refractivity contribution in [3.63, 3.8) is 0 Å². The molecule has 1 fully saturated rings. The highest BCUT2D eigenvalue weighted by molar-refractivity contribution is 6.35. The van der Waals surface area contributed by atoms with Crippen LogP contribution in [-0.2, 0) is 29.0 Å². The first-order valence-corrected chi connectivity index (χ1v) is 9.75.